The van der Waals surface area contributed by atoms with Crippen LogP contribution in [0.4, 0.5) is 0 Å². The molecule has 0 bridgehead atoms. The first-order chi connectivity index (χ1) is 8.36. The SMILES string of the molecule is CCC[C@H](NS(=O)(=O)N1CCC(C)CC1)C(=O)O. The van der Waals surface area contributed by atoms with E-state index in [1.807, 2.05) is 6.92 Å². The van der Waals surface area contributed by atoms with E-state index < -0.39 is 22.2 Å². The molecule has 0 unspecified atom stereocenters. The zero-order chi connectivity index (χ0) is 13.8. The number of carboxylic acid groups (broad SMARTS) is 1. The number of rotatable bonds is 6. The summed E-state index contributed by atoms with van der Waals surface area (Å²) < 4.78 is 27.7. The Morgan fingerprint density at radius 3 is 2.44 bits per heavy atom. The molecule has 1 atom stereocenters. The predicted octanol–water partition coefficient (Wildman–Crippen LogP) is 0.806. The minimum atomic E-state index is -3.67. The second-order valence-corrected chi connectivity index (χ2v) is 6.59. The lowest BCUT2D eigenvalue weighted by Crippen LogP contribution is -2.50. The molecule has 1 saturated heterocycles. The molecule has 18 heavy (non-hydrogen) atoms. The summed E-state index contributed by atoms with van der Waals surface area (Å²) >= 11 is 0. The number of hydrogen-bond acceptors (Lipinski definition) is 3. The number of piperidine rings is 1. The third-order valence-electron chi connectivity index (χ3n) is 3.25. The van der Waals surface area contributed by atoms with Crippen LogP contribution in [0.1, 0.15) is 39.5 Å². The van der Waals surface area contributed by atoms with E-state index in [0.29, 0.717) is 31.8 Å². The summed E-state index contributed by atoms with van der Waals surface area (Å²) in [4.78, 5) is 11.0. The first-order valence-electron chi connectivity index (χ1n) is 6.37. The number of carbonyl (C=O) groups is 1. The molecule has 2 N–H and O–H groups in total. The van der Waals surface area contributed by atoms with Gasteiger partial charge in [0.25, 0.3) is 10.2 Å². The van der Waals surface area contributed by atoms with E-state index in [1.54, 1.807) is 0 Å². The predicted molar refractivity (Wildman–Crippen MR) is 68.4 cm³/mol. The van der Waals surface area contributed by atoms with Crippen molar-refractivity contribution in [3.63, 3.8) is 0 Å². The van der Waals surface area contributed by atoms with Crippen LogP contribution in [-0.2, 0) is 15.0 Å². The quantitative estimate of drug-likeness (QED) is 0.752. The number of hydrogen-bond donors (Lipinski definition) is 2. The van der Waals surface area contributed by atoms with Gasteiger partial charge in [0.15, 0.2) is 0 Å². The second kappa shape index (κ2) is 6.49. The average Bonchev–Trinajstić information content (AvgIpc) is 2.28. The van der Waals surface area contributed by atoms with Crippen LogP contribution < -0.4 is 4.72 Å². The zero-order valence-electron chi connectivity index (χ0n) is 10.9. The van der Waals surface area contributed by atoms with E-state index >= 15 is 0 Å². The maximum absolute atomic E-state index is 12.0. The Kier molecular flexibility index (Phi) is 5.55. The first-order valence-corrected chi connectivity index (χ1v) is 7.81. The van der Waals surface area contributed by atoms with Crippen molar-refractivity contribution < 1.29 is 18.3 Å². The third kappa shape index (κ3) is 4.22. The van der Waals surface area contributed by atoms with Gasteiger partial charge in [-0.3, -0.25) is 4.79 Å². The summed E-state index contributed by atoms with van der Waals surface area (Å²) in [6.45, 7) is 4.85. The topological polar surface area (TPSA) is 86.7 Å². The highest BCUT2D eigenvalue weighted by atomic mass is 32.2. The van der Waals surface area contributed by atoms with Crippen LogP contribution in [0.3, 0.4) is 0 Å². The van der Waals surface area contributed by atoms with E-state index in [2.05, 4.69) is 11.6 Å². The van der Waals surface area contributed by atoms with E-state index in [-0.39, 0.29) is 0 Å². The number of aliphatic carboxylic acids is 1. The second-order valence-electron chi connectivity index (χ2n) is 4.88. The van der Waals surface area contributed by atoms with Gasteiger partial charge in [0.1, 0.15) is 6.04 Å². The fourth-order valence-electron chi connectivity index (χ4n) is 2.00. The summed E-state index contributed by atoms with van der Waals surface area (Å²) in [7, 11) is -3.67. The highest BCUT2D eigenvalue weighted by Gasteiger charge is 2.30. The highest BCUT2D eigenvalue weighted by molar-refractivity contribution is 7.87. The minimum Gasteiger partial charge on any atom is -0.480 e. The van der Waals surface area contributed by atoms with Gasteiger partial charge < -0.3 is 5.11 Å². The summed E-state index contributed by atoms with van der Waals surface area (Å²) in [6, 6.07) is -1.03. The number of nitrogens with zero attached hydrogens (tertiary/aromatic N) is 1. The fraction of sp³-hybridized carbons (Fsp3) is 0.909. The zero-order valence-corrected chi connectivity index (χ0v) is 11.7. The smallest absolute Gasteiger partial charge is 0.321 e. The molecule has 1 rings (SSSR count). The molecule has 0 spiro atoms. The van der Waals surface area contributed by atoms with Crippen molar-refractivity contribution in [2.24, 2.45) is 5.92 Å². The Bertz CT molecular complexity index is 375. The Labute approximate surface area is 109 Å². The Morgan fingerprint density at radius 1 is 1.44 bits per heavy atom. The monoisotopic (exact) mass is 278 g/mol. The minimum absolute atomic E-state index is 0.304. The molecule has 1 aliphatic heterocycles. The van der Waals surface area contributed by atoms with E-state index in [0.717, 1.165) is 12.8 Å². The summed E-state index contributed by atoms with van der Waals surface area (Å²) in [5.41, 5.74) is 0. The van der Waals surface area contributed by atoms with Crippen LogP contribution in [0.25, 0.3) is 0 Å². The average molecular weight is 278 g/mol. The molecule has 106 valence electrons. The molecule has 0 aromatic rings. The van der Waals surface area contributed by atoms with Crippen molar-refractivity contribution in [1.29, 1.82) is 0 Å². The molecule has 0 aromatic carbocycles. The lowest BCUT2D eigenvalue weighted by molar-refractivity contribution is -0.139. The van der Waals surface area contributed by atoms with E-state index in [9.17, 15) is 13.2 Å². The molecule has 0 amide bonds. The Hall–Kier alpha value is -0.660. The number of carboxylic acids is 1. The lowest BCUT2D eigenvalue weighted by Gasteiger charge is -2.30. The van der Waals surface area contributed by atoms with Gasteiger partial charge in [0.05, 0.1) is 0 Å². The standard InChI is InChI=1S/C11H22N2O4S/c1-3-4-10(11(14)15)12-18(16,17)13-7-5-9(2)6-8-13/h9-10,12H,3-8H2,1-2H3,(H,14,15)/t10-/m0/s1. The Morgan fingerprint density at radius 2 is 2.00 bits per heavy atom. The van der Waals surface area contributed by atoms with Gasteiger partial charge >= 0.3 is 5.97 Å². The van der Waals surface area contributed by atoms with Crippen LogP contribution in [0.15, 0.2) is 0 Å². The van der Waals surface area contributed by atoms with Crippen LogP contribution in [-0.4, -0.2) is 42.9 Å². The molecule has 0 aromatic heterocycles. The van der Waals surface area contributed by atoms with Gasteiger partial charge in [-0.25, -0.2) is 0 Å². The maximum Gasteiger partial charge on any atom is 0.321 e. The van der Waals surface area contributed by atoms with Gasteiger partial charge in [-0.1, -0.05) is 20.3 Å². The molecular weight excluding hydrogens is 256 g/mol. The lowest BCUT2D eigenvalue weighted by atomic mass is 10.0. The van der Waals surface area contributed by atoms with Crippen LogP contribution >= 0.6 is 0 Å². The van der Waals surface area contributed by atoms with Crippen molar-refractivity contribution in [1.82, 2.24) is 9.03 Å². The molecule has 0 saturated carbocycles. The molecule has 1 fully saturated rings. The van der Waals surface area contributed by atoms with Crippen molar-refractivity contribution in [2.75, 3.05) is 13.1 Å². The van der Waals surface area contributed by atoms with E-state index in [4.69, 9.17) is 5.11 Å². The van der Waals surface area contributed by atoms with Crippen LogP contribution in [0.2, 0.25) is 0 Å². The molecule has 1 aliphatic rings. The summed E-state index contributed by atoms with van der Waals surface area (Å²) in [5, 5.41) is 8.96. The molecule has 6 nitrogen and oxygen atoms in total. The van der Waals surface area contributed by atoms with Crippen molar-refractivity contribution in [2.45, 2.75) is 45.6 Å². The molecule has 0 radical (unpaired) electrons. The highest BCUT2D eigenvalue weighted by Crippen LogP contribution is 2.18. The fourth-order valence-corrected chi connectivity index (χ4v) is 3.42. The van der Waals surface area contributed by atoms with Gasteiger partial charge in [-0.15, -0.1) is 0 Å². The molecule has 1 heterocycles. The number of nitrogens with one attached hydrogen (secondary N) is 1. The van der Waals surface area contributed by atoms with Crippen LogP contribution in [0.5, 0.6) is 0 Å². The van der Waals surface area contributed by atoms with Gasteiger partial charge in [-0.05, 0) is 25.2 Å². The first kappa shape index (κ1) is 15.4. The summed E-state index contributed by atoms with van der Waals surface area (Å²) in [5.74, 6) is -0.590. The van der Waals surface area contributed by atoms with Gasteiger partial charge in [0.2, 0.25) is 0 Å². The van der Waals surface area contributed by atoms with Crippen LogP contribution in [0, 0.1) is 5.92 Å². The van der Waals surface area contributed by atoms with E-state index in [1.165, 1.54) is 4.31 Å². The van der Waals surface area contributed by atoms with Gasteiger partial charge in [0, 0.05) is 13.1 Å². The third-order valence-corrected chi connectivity index (χ3v) is 4.88. The normalized spacial score (nSPS) is 20.8. The summed E-state index contributed by atoms with van der Waals surface area (Å²) in [6.07, 6.45) is 2.58. The molecule has 0 aliphatic carbocycles. The molecule has 7 heteroatoms. The van der Waals surface area contributed by atoms with Gasteiger partial charge in [-0.2, -0.15) is 17.4 Å². The Balaban J connectivity index is 2.65. The largest absolute Gasteiger partial charge is 0.480 e. The van der Waals surface area contributed by atoms with Crippen molar-refractivity contribution >= 4 is 16.2 Å². The van der Waals surface area contributed by atoms with Crippen molar-refractivity contribution in [3.8, 4) is 0 Å². The molecular formula is C11H22N2O4S. The van der Waals surface area contributed by atoms with Crippen molar-refractivity contribution in [3.05, 3.63) is 0 Å². The maximum atomic E-state index is 12.0.